The lowest BCUT2D eigenvalue weighted by Crippen LogP contribution is -1.98. The Morgan fingerprint density at radius 1 is 0.483 bits per heavy atom. The fourth-order valence-electron chi connectivity index (χ4n) is 9.60. The van der Waals surface area contributed by atoms with Crippen LogP contribution >= 0.6 is 0 Å². The van der Waals surface area contributed by atoms with Gasteiger partial charge in [-0.1, -0.05) is 39.8 Å². The average molecular weight is 767 g/mol. The van der Waals surface area contributed by atoms with E-state index >= 15 is 0 Å². The standard InChI is InChI=1S/C48H42N6O4/c1-7-23-19-27-21-25(9-3)43-37-33(27)35-39(23)53(11-5)45(49-35)29-15-13-16-30(41(29)55)46-50-36-34-28(20-24(8-2)40(36)54(46)12-6)22-26(10-4)44-38(34)52-48(58-44)32-18-14-17-31(42(32)56)47(51-37)57-43/h13-22,55-56H,7-12H2,1-6H3. The number of aromatic hydroxyl groups is 2. The molecule has 0 saturated heterocycles. The summed E-state index contributed by atoms with van der Waals surface area (Å²) in [7, 11) is 0. The second-order valence-electron chi connectivity index (χ2n) is 15.3. The Morgan fingerprint density at radius 2 is 0.862 bits per heavy atom. The Morgan fingerprint density at radius 3 is 1.26 bits per heavy atom. The molecular weight excluding hydrogens is 725 g/mol. The Labute approximate surface area is 332 Å². The molecule has 10 heteroatoms. The second kappa shape index (κ2) is 12.4. The van der Waals surface area contributed by atoms with Crippen LogP contribution in [0.15, 0.2) is 69.5 Å². The molecule has 0 radical (unpaired) electrons. The minimum atomic E-state index is -0.0272. The molecule has 0 unspecified atom stereocenters. The lowest BCUT2D eigenvalue weighted by Gasteiger charge is -2.11. The summed E-state index contributed by atoms with van der Waals surface area (Å²) in [4.78, 5) is 21.2. The quantitative estimate of drug-likeness (QED) is 0.171. The molecule has 11 rings (SSSR count). The van der Waals surface area contributed by atoms with E-state index in [0.29, 0.717) is 79.6 Å². The first kappa shape index (κ1) is 34.6. The molecule has 10 nitrogen and oxygen atoms in total. The molecule has 5 aromatic heterocycles. The highest BCUT2D eigenvalue weighted by atomic mass is 16.4. The van der Waals surface area contributed by atoms with Crippen molar-refractivity contribution in [1.29, 1.82) is 0 Å². The van der Waals surface area contributed by atoms with Crippen molar-refractivity contribution < 1.29 is 19.0 Å². The van der Waals surface area contributed by atoms with Crippen molar-refractivity contribution in [3.63, 3.8) is 0 Å². The second-order valence-corrected chi connectivity index (χ2v) is 15.3. The number of hydrogen-bond acceptors (Lipinski definition) is 8. The molecule has 6 aromatic carbocycles. The molecular formula is C48H42N6O4. The first-order chi connectivity index (χ1) is 28.3. The van der Waals surface area contributed by atoms with E-state index in [1.54, 1.807) is 0 Å². The summed E-state index contributed by atoms with van der Waals surface area (Å²) in [6.45, 7) is 14.0. The third-order valence-electron chi connectivity index (χ3n) is 12.4. The highest BCUT2D eigenvalue weighted by Gasteiger charge is 2.25. The van der Waals surface area contributed by atoms with Gasteiger partial charge in [-0.25, -0.2) is 19.9 Å². The number of benzene rings is 6. The van der Waals surface area contributed by atoms with E-state index < -0.39 is 0 Å². The molecule has 12 bridgehead atoms. The van der Waals surface area contributed by atoms with Gasteiger partial charge in [-0.3, -0.25) is 0 Å². The minimum Gasteiger partial charge on any atom is -0.506 e. The van der Waals surface area contributed by atoms with E-state index in [0.717, 1.165) is 91.5 Å². The Bertz CT molecular complexity index is 3390. The van der Waals surface area contributed by atoms with Crippen LogP contribution in [0.3, 0.4) is 0 Å². The maximum absolute atomic E-state index is 12.5. The zero-order chi connectivity index (χ0) is 39.7. The van der Waals surface area contributed by atoms with E-state index in [-0.39, 0.29) is 11.5 Å². The summed E-state index contributed by atoms with van der Waals surface area (Å²) in [6.07, 6.45) is 3.02. The van der Waals surface area contributed by atoms with Crippen molar-refractivity contribution >= 4 is 110 Å². The summed E-state index contributed by atoms with van der Waals surface area (Å²) in [5, 5.41) is 30.5. The van der Waals surface area contributed by atoms with Gasteiger partial charge in [0.2, 0.25) is 11.4 Å². The molecule has 11 aromatic rings. The van der Waals surface area contributed by atoms with Crippen LogP contribution in [0.1, 0.15) is 63.8 Å². The number of imidazole rings is 2. The zero-order valence-corrected chi connectivity index (χ0v) is 33.4. The third-order valence-corrected chi connectivity index (χ3v) is 12.4. The number of aryl methyl sites for hydroxylation is 6. The first-order valence-corrected chi connectivity index (χ1v) is 20.5. The predicted octanol–water partition coefficient (Wildman–Crippen LogP) is 11.9. The fraction of sp³-hybridized carbons (Fsp3) is 0.250. The summed E-state index contributed by atoms with van der Waals surface area (Å²) in [5.74, 6) is 0.0930. The first-order valence-electron chi connectivity index (χ1n) is 20.5. The molecule has 288 valence electrons. The van der Waals surface area contributed by atoms with Crippen LogP contribution in [0.25, 0.3) is 110 Å². The number of phenolic OH excluding ortho intramolecular Hbond substituents is 2. The summed E-state index contributed by atoms with van der Waals surface area (Å²) >= 11 is 0. The van der Waals surface area contributed by atoms with Crippen molar-refractivity contribution in [1.82, 2.24) is 29.1 Å². The summed E-state index contributed by atoms with van der Waals surface area (Å²) < 4.78 is 17.7. The van der Waals surface area contributed by atoms with Gasteiger partial charge < -0.3 is 28.2 Å². The van der Waals surface area contributed by atoms with E-state index in [1.165, 1.54) is 0 Å². The maximum Gasteiger partial charge on any atom is 0.231 e. The molecule has 0 atom stereocenters. The molecule has 0 aliphatic heterocycles. The van der Waals surface area contributed by atoms with Crippen LogP contribution in [0, 0.1) is 0 Å². The normalized spacial score (nSPS) is 12.5. The van der Waals surface area contributed by atoms with Gasteiger partial charge in [0.05, 0.1) is 43.6 Å². The molecule has 0 aliphatic rings. The minimum absolute atomic E-state index is 0.0272. The molecule has 0 fully saturated rings. The number of nitrogens with zero attached hydrogens (tertiary/aromatic N) is 6. The third kappa shape index (κ3) is 4.42. The summed E-state index contributed by atoms with van der Waals surface area (Å²) in [6, 6.07) is 20.2. The number of fused-ring (bicyclic) bond motifs is 12. The average Bonchev–Trinajstić information content (AvgIpc) is 4.05. The molecule has 0 saturated carbocycles. The van der Waals surface area contributed by atoms with Crippen molar-refractivity contribution in [3.8, 4) is 11.5 Å². The van der Waals surface area contributed by atoms with E-state index in [1.807, 2.05) is 36.4 Å². The van der Waals surface area contributed by atoms with E-state index in [9.17, 15) is 10.2 Å². The van der Waals surface area contributed by atoms with E-state index in [4.69, 9.17) is 28.8 Å². The van der Waals surface area contributed by atoms with Crippen LogP contribution in [0.2, 0.25) is 0 Å². The highest BCUT2D eigenvalue weighted by molar-refractivity contribution is 6.21. The lowest BCUT2D eigenvalue weighted by atomic mass is 9.98. The predicted molar refractivity (Wildman–Crippen MR) is 234 cm³/mol. The zero-order valence-electron chi connectivity index (χ0n) is 33.4. The van der Waals surface area contributed by atoms with Crippen LogP contribution in [-0.2, 0) is 38.8 Å². The fourth-order valence-corrected chi connectivity index (χ4v) is 9.60. The van der Waals surface area contributed by atoms with Crippen molar-refractivity contribution in [2.75, 3.05) is 0 Å². The highest BCUT2D eigenvalue weighted by Crippen LogP contribution is 2.43. The van der Waals surface area contributed by atoms with Gasteiger partial charge in [-0.15, -0.1) is 0 Å². The number of rotatable bonds is 6. The van der Waals surface area contributed by atoms with Crippen LogP contribution < -0.4 is 0 Å². The number of phenols is 2. The van der Waals surface area contributed by atoms with Gasteiger partial charge in [0, 0.05) is 23.9 Å². The van der Waals surface area contributed by atoms with Gasteiger partial charge in [-0.2, -0.15) is 0 Å². The smallest absolute Gasteiger partial charge is 0.231 e. The van der Waals surface area contributed by atoms with Gasteiger partial charge in [0.15, 0.2) is 11.2 Å². The molecule has 0 spiro atoms. The van der Waals surface area contributed by atoms with Gasteiger partial charge >= 0.3 is 0 Å². The molecule has 5 heterocycles. The SMILES string of the molecule is CCc1cc2cc(CC)c3c4nc(c5cccc(c5O)c5nc6c7c(cc(CC)c8oc(nc87)c7cccc(c7O)c7nc(c1o7)c24)cc(CC)c6n5CC)n3CC. The van der Waals surface area contributed by atoms with Crippen LogP contribution in [0.5, 0.6) is 11.5 Å². The maximum atomic E-state index is 12.5. The Hall–Kier alpha value is -6.68. The van der Waals surface area contributed by atoms with Gasteiger partial charge in [0.25, 0.3) is 0 Å². The number of hydrogen-bond donors (Lipinski definition) is 2. The Kier molecular flexibility index (Phi) is 7.39. The molecule has 58 heavy (non-hydrogen) atoms. The van der Waals surface area contributed by atoms with Crippen LogP contribution in [0.4, 0.5) is 0 Å². The van der Waals surface area contributed by atoms with Crippen molar-refractivity contribution in [3.05, 3.63) is 82.9 Å². The van der Waals surface area contributed by atoms with Crippen molar-refractivity contribution in [2.24, 2.45) is 0 Å². The molecule has 0 amide bonds. The number of para-hydroxylation sites is 2. The van der Waals surface area contributed by atoms with E-state index in [2.05, 4.69) is 74.9 Å². The van der Waals surface area contributed by atoms with Gasteiger partial charge in [0.1, 0.15) is 33.8 Å². The number of aromatic nitrogens is 6. The Balaban J connectivity index is 1.47. The summed E-state index contributed by atoms with van der Waals surface area (Å²) in [5.41, 5.74) is 12.5. The van der Waals surface area contributed by atoms with Crippen LogP contribution in [-0.4, -0.2) is 39.3 Å². The molecule has 2 N–H and O–H groups in total. The van der Waals surface area contributed by atoms with Gasteiger partial charge in [-0.05, 0) is 121 Å². The topological polar surface area (TPSA) is 128 Å². The lowest BCUT2D eigenvalue weighted by molar-refractivity contribution is 0.485. The molecule has 0 aliphatic carbocycles. The largest absolute Gasteiger partial charge is 0.506 e. The monoisotopic (exact) mass is 766 g/mol. The number of oxazole rings is 2. The van der Waals surface area contributed by atoms with Crippen molar-refractivity contribution in [2.45, 2.75) is 80.3 Å².